The fraction of sp³-hybridized carbons (Fsp3) is 0.692. The van der Waals surface area contributed by atoms with Gasteiger partial charge in [-0.15, -0.1) is 11.3 Å². The molecule has 0 aliphatic carbocycles. The first-order chi connectivity index (χ1) is 9.40. The first-order valence-electron chi connectivity index (χ1n) is 6.70. The maximum absolute atomic E-state index is 12.3. The highest BCUT2D eigenvalue weighted by Gasteiger charge is 2.23. The van der Waals surface area contributed by atoms with Crippen LogP contribution in [0.25, 0.3) is 0 Å². The molecule has 5 nitrogen and oxygen atoms in total. The predicted molar refractivity (Wildman–Crippen MR) is 82.5 cm³/mol. The van der Waals surface area contributed by atoms with Crippen LogP contribution in [0.3, 0.4) is 0 Å². The molecule has 0 aliphatic rings. The zero-order valence-electron chi connectivity index (χ0n) is 12.5. The summed E-state index contributed by atoms with van der Waals surface area (Å²) in [5, 5.41) is 5.05. The minimum Gasteiger partial charge on any atom is -0.383 e. The zero-order chi connectivity index (χ0) is 15.2. The molecule has 1 unspecified atom stereocenters. The van der Waals surface area contributed by atoms with E-state index in [1.807, 2.05) is 26.2 Å². The molecule has 0 bridgehead atoms. The second-order valence-electron chi connectivity index (χ2n) is 4.98. The maximum Gasteiger partial charge on any atom is 0.250 e. The van der Waals surface area contributed by atoms with Crippen LogP contribution in [0.15, 0.2) is 15.7 Å². The average molecular weight is 320 g/mol. The molecule has 0 aliphatic heterocycles. The molecule has 1 atom stereocenters. The first kappa shape index (κ1) is 17.6. The van der Waals surface area contributed by atoms with Crippen LogP contribution < -0.4 is 10.0 Å². The Bertz CT molecular complexity index is 497. The van der Waals surface area contributed by atoms with E-state index in [0.717, 1.165) is 12.1 Å². The Hall–Kier alpha value is -0.470. The number of rotatable bonds is 9. The molecule has 116 valence electrons. The minimum atomic E-state index is -3.47. The van der Waals surface area contributed by atoms with Gasteiger partial charge in [0.15, 0.2) is 0 Å². The largest absolute Gasteiger partial charge is 0.383 e. The fourth-order valence-electron chi connectivity index (χ4n) is 1.66. The van der Waals surface area contributed by atoms with E-state index in [9.17, 15) is 8.42 Å². The van der Waals surface area contributed by atoms with Gasteiger partial charge in [0.25, 0.3) is 0 Å². The monoisotopic (exact) mass is 320 g/mol. The Morgan fingerprint density at radius 3 is 2.65 bits per heavy atom. The summed E-state index contributed by atoms with van der Waals surface area (Å²) in [5.41, 5.74) is 0.991. The van der Waals surface area contributed by atoms with Crippen molar-refractivity contribution in [1.29, 1.82) is 0 Å². The van der Waals surface area contributed by atoms with E-state index < -0.39 is 10.0 Å². The Kier molecular flexibility index (Phi) is 7.11. The second-order valence-corrected chi connectivity index (χ2v) is 7.83. The summed E-state index contributed by atoms with van der Waals surface area (Å²) in [4.78, 5) is 0. The lowest BCUT2D eigenvalue weighted by molar-refractivity contribution is 0.157. The fourth-order valence-corrected chi connectivity index (χ4v) is 4.25. The topological polar surface area (TPSA) is 67.4 Å². The summed E-state index contributed by atoms with van der Waals surface area (Å²) in [7, 11) is -1.90. The van der Waals surface area contributed by atoms with Crippen molar-refractivity contribution in [3.8, 4) is 0 Å². The van der Waals surface area contributed by atoms with Crippen molar-refractivity contribution in [2.75, 3.05) is 20.3 Å². The number of nitrogens with one attached hydrogen (secondary N) is 2. The summed E-state index contributed by atoms with van der Waals surface area (Å²) in [6.45, 7) is 7.87. The van der Waals surface area contributed by atoms with Crippen LogP contribution in [-0.4, -0.2) is 34.7 Å². The van der Waals surface area contributed by atoms with Gasteiger partial charge >= 0.3 is 0 Å². The van der Waals surface area contributed by atoms with Crippen molar-refractivity contribution < 1.29 is 13.2 Å². The third kappa shape index (κ3) is 5.14. The van der Waals surface area contributed by atoms with Gasteiger partial charge in [-0.2, -0.15) is 0 Å². The van der Waals surface area contributed by atoms with Crippen molar-refractivity contribution >= 4 is 21.4 Å². The van der Waals surface area contributed by atoms with Crippen molar-refractivity contribution in [3.05, 3.63) is 17.0 Å². The smallest absolute Gasteiger partial charge is 0.250 e. The van der Waals surface area contributed by atoms with Crippen LogP contribution in [0.2, 0.25) is 0 Å². The lowest BCUT2D eigenvalue weighted by Crippen LogP contribution is -2.41. The SMILES string of the molecule is CCNCc1csc(S(=O)(=O)NC(COC)C(C)C)c1. The highest BCUT2D eigenvalue weighted by atomic mass is 32.2. The summed E-state index contributed by atoms with van der Waals surface area (Å²) in [5.74, 6) is 0.172. The molecule has 20 heavy (non-hydrogen) atoms. The predicted octanol–water partition coefficient (Wildman–Crippen LogP) is 1.81. The summed E-state index contributed by atoms with van der Waals surface area (Å²) < 4.78 is 32.8. The third-order valence-electron chi connectivity index (χ3n) is 2.93. The Morgan fingerprint density at radius 2 is 2.10 bits per heavy atom. The van der Waals surface area contributed by atoms with E-state index in [4.69, 9.17) is 4.74 Å². The van der Waals surface area contributed by atoms with Gasteiger partial charge in [0, 0.05) is 19.7 Å². The van der Waals surface area contributed by atoms with Crippen molar-refractivity contribution in [3.63, 3.8) is 0 Å². The van der Waals surface area contributed by atoms with E-state index in [0.29, 0.717) is 17.4 Å². The highest BCUT2D eigenvalue weighted by molar-refractivity contribution is 7.91. The molecule has 1 aromatic rings. The molecule has 1 rings (SSSR count). The molecule has 0 radical (unpaired) electrons. The number of hydrogen-bond acceptors (Lipinski definition) is 5. The highest BCUT2D eigenvalue weighted by Crippen LogP contribution is 2.21. The number of thiophene rings is 1. The molecule has 0 amide bonds. The summed E-state index contributed by atoms with van der Waals surface area (Å²) in [6, 6.07) is 1.50. The number of hydrogen-bond donors (Lipinski definition) is 2. The first-order valence-corrected chi connectivity index (χ1v) is 9.06. The molecule has 0 saturated heterocycles. The summed E-state index contributed by atoms with van der Waals surface area (Å²) in [6.07, 6.45) is 0. The average Bonchev–Trinajstić information content (AvgIpc) is 2.85. The molecule has 0 saturated carbocycles. The molecule has 1 aromatic heterocycles. The van der Waals surface area contributed by atoms with Gasteiger partial charge in [0.05, 0.1) is 6.61 Å². The van der Waals surface area contributed by atoms with E-state index in [2.05, 4.69) is 10.0 Å². The number of methoxy groups -OCH3 is 1. The molecular weight excluding hydrogens is 296 g/mol. The molecular formula is C13H24N2O3S2. The van der Waals surface area contributed by atoms with Gasteiger partial charge in [-0.05, 0) is 29.5 Å². The maximum atomic E-state index is 12.3. The zero-order valence-corrected chi connectivity index (χ0v) is 14.1. The van der Waals surface area contributed by atoms with Crippen molar-refractivity contribution in [1.82, 2.24) is 10.0 Å². The lowest BCUT2D eigenvalue weighted by Gasteiger charge is -2.20. The lowest BCUT2D eigenvalue weighted by atomic mass is 10.1. The van der Waals surface area contributed by atoms with E-state index in [-0.39, 0.29) is 12.0 Å². The van der Waals surface area contributed by atoms with Crippen molar-refractivity contribution in [2.45, 2.75) is 37.6 Å². The minimum absolute atomic E-state index is 0.172. The quantitative estimate of drug-likeness (QED) is 0.728. The van der Waals surface area contributed by atoms with Gasteiger partial charge < -0.3 is 10.1 Å². The summed E-state index contributed by atoms with van der Waals surface area (Å²) >= 11 is 1.25. The van der Waals surface area contributed by atoms with Crippen LogP contribution in [-0.2, 0) is 21.3 Å². The van der Waals surface area contributed by atoms with Crippen LogP contribution in [0.1, 0.15) is 26.3 Å². The molecule has 0 fully saturated rings. The second kappa shape index (κ2) is 8.09. The van der Waals surface area contributed by atoms with Gasteiger partial charge in [-0.25, -0.2) is 13.1 Å². The Morgan fingerprint density at radius 1 is 1.40 bits per heavy atom. The normalized spacial score (nSPS) is 13.8. The molecule has 1 heterocycles. The van der Waals surface area contributed by atoms with Gasteiger partial charge in [0.1, 0.15) is 4.21 Å². The van der Waals surface area contributed by atoms with Crippen LogP contribution >= 0.6 is 11.3 Å². The molecule has 0 aromatic carbocycles. The van der Waals surface area contributed by atoms with Crippen LogP contribution in [0, 0.1) is 5.92 Å². The van der Waals surface area contributed by atoms with Crippen LogP contribution in [0.4, 0.5) is 0 Å². The van der Waals surface area contributed by atoms with Crippen LogP contribution in [0.5, 0.6) is 0 Å². The Balaban J connectivity index is 2.79. The number of sulfonamides is 1. The third-order valence-corrected chi connectivity index (χ3v) is 5.91. The molecule has 2 N–H and O–H groups in total. The van der Waals surface area contributed by atoms with E-state index >= 15 is 0 Å². The van der Waals surface area contributed by atoms with Crippen molar-refractivity contribution in [2.24, 2.45) is 5.92 Å². The van der Waals surface area contributed by atoms with Gasteiger partial charge in [-0.3, -0.25) is 0 Å². The van der Waals surface area contributed by atoms with Gasteiger partial charge in [-0.1, -0.05) is 20.8 Å². The van der Waals surface area contributed by atoms with E-state index in [1.54, 1.807) is 13.2 Å². The molecule has 7 heteroatoms. The Labute approximate surface area is 125 Å². The molecule has 0 spiro atoms. The van der Waals surface area contributed by atoms with E-state index in [1.165, 1.54) is 11.3 Å². The standard InChI is InChI=1S/C13H24N2O3S2/c1-5-14-7-11-6-13(19-9-11)20(16,17)15-12(8-18-4)10(2)3/h6,9-10,12,14-15H,5,7-8H2,1-4H3. The van der Waals surface area contributed by atoms with Gasteiger partial charge in [0.2, 0.25) is 10.0 Å². The number of ether oxygens (including phenoxy) is 1.